The Morgan fingerprint density at radius 3 is 2.66 bits per heavy atom. The molecule has 3 rings (SSSR count). The number of carbonyl (C=O) groups excluding carboxylic acids is 2. The summed E-state index contributed by atoms with van der Waals surface area (Å²) in [5.41, 5.74) is 1.57. The normalized spacial score (nSPS) is 11.9. The van der Waals surface area contributed by atoms with Crippen LogP contribution in [-0.2, 0) is 16.1 Å². The van der Waals surface area contributed by atoms with Crippen molar-refractivity contribution in [2.75, 3.05) is 12.0 Å². The molecule has 0 spiro atoms. The lowest BCUT2D eigenvalue weighted by molar-refractivity contribution is -0.147. The number of carbonyl (C=O) groups is 2. The zero-order valence-electron chi connectivity index (χ0n) is 17.4. The molecule has 0 aliphatic rings. The van der Waals surface area contributed by atoms with Gasteiger partial charge in [-0.3, -0.25) is 4.79 Å². The van der Waals surface area contributed by atoms with E-state index in [9.17, 15) is 14.4 Å². The number of ether oxygens (including phenoxy) is 1. The molecule has 2 aromatic carbocycles. The van der Waals surface area contributed by atoms with Crippen molar-refractivity contribution in [1.82, 2.24) is 5.32 Å². The SMILES string of the molecule is CSCCC(NC(=O)c1ccc(Cl)cc1Cl)C(=O)OCc1cc(=O)oc2cc(C)ccc12. The molecule has 1 atom stereocenters. The highest BCUT2D eigenvalue weighted by atomic mass is 35.5. The van der Waals surface area contributed by atoms with Crippen molar-refractivity contribution in [3.8, 4) is 0 Å². The van der Waals surface area contributed by atoms with Gasteiger partial charge in [-0.05, 0) is 55.2 Å². The van der Waals surface area contributed by atoms with Gasteiger partial charge in [-0.25, -0.2) is 9.59 Å². The Balaban J connectivity index is 1.76. The van der Waals surface area contributed by atoms with Crippen LogP contribution < -0.4 is 10.9 Å². The molecule has 1 heterocycles. The summed E-state index contributed by atoms with van der Waals surface area (Å²) in [6.45, 7) is 1.76. The molecule has 1 unspecified atom stereocenters. The number of benzene rings is 2. The maximum Gasteiger partial charge on any atom is 0.336 e. The molecule has 168 valence electrons. The van der Waals surface area contributed by atoms with E-state index < -0.39 is 23.5 Å². The van der Waals surface area contributed by atoms with E-state index >= 15 is 0 Å². The molecule has 6 nitrogen and oxygen atoms in total. The van der Waals surface area contributed by atoms with Gasteiger partial charge >= 0.3 is 11.6 Å². The topological polar surface area (TPSA) is 85.6 Å². The first kappa shape index (κ1) is 24.2. The smallest absolute Gasteiger partial charge is 0.336 e. The molecular formula is C23H21Cl2NO5S. The number of hydrogen-bond donors (Lipinski definition) is 1. The number of halogens is 2. The third-order valence-corrected chi connectivity index (χ3v) is 5.92. The van der Waals surface area contributed by atoms with Gasteiger partial charge in [0.15, 0.2) is 0 Å². The molecule has 0 saturated carbocycles. The fraction of sp³-hybridized carbons (Fsp3) is 0.261. The number of amides is 1. The maximum absolute atomic E-state index is 12.8. The molecule has 1 amide bonds. The molecule has 0 radical (unpaired) electrons. The van der Waals surface area contributed by atoms with Crippen molar-refractivity contribution >= 4 is 57.8 Å². The standard InChI is InChI=1S/C23H21Cl2NO5S/c1-13-3-5-16-14(10-21(27)31-20(16)9-13)12-30-23(29)19(7-8-32-2)26-22(28)17-6-4-15(24)11-18(17)25/h3-6,9-11,19H,7-8,12H2,1-2H3,(H,26,28). The molecule has 0 aliphatic carbocycles. The van der Waals surface area contributed by atoms with E-state index in [-0.39, 0.29) is 17.2 Å². The average molecular weight is 494 g/mol. The molecule has 32 heavy (non-hydrogen) atoms. The summed E-state index contributed by atoms with van der Waals surface area (Å²) in [6, 6.07) is 10.4. The molecule has 0 bridgehead atoms. The van der Waals surface area contributed by atoms with Crippen LogP contribution in [0, 0.1) is 6.92 Å². The van der Waals surface area contributed by atoms with Crippen LogP contribution in [0.5, 0.6) is 0 Å². The summed E-state index contributed by atoms with van der Waals surface area (Å²) in [5.74, 6) is -0.479. The van der Waals surface area contributed by atoms with Crippen LogP contribution in [-0.4, -0.2) is 29.9 Å². The first-order valence-corrected chi connectivity index (χ1v) is 11.9. The second-order valence-corrected chi connectivity index (χ2v) is 8.96. The van der Waals surface area contributed by atoms with Gasteiger partial charge in [-0.2, -0.15) is 11.8 Å². The lowest BCUT2D eigenvalue weighted by Gasteiger charge is -2.18. The Labute approximate surface area is 199 Å². The summed E-state index contributed by atoms with van der Waals surface area (Å²) in [4.78, 5) is 37.4. The average Bonchev–Trinajstić information content (AvgIpc) is 2.74. The lowest BCUT2D eigenvalue weighted by atomic mass is 10.1. The van der Waals surface area contributed by atoms with E-state index in [1.54, 1.807) is 12.1 Å². The highest BCUT2D eigenvalue weighted by molar-refractivity contribution is 7.98. The second kappa shape index (κ2) is 10.9. The Bertz CT molecular complexity index is 1210. The summed E-state index contributed by atoms with van der Waals surface area (Å²) >= 11 is 13.5. The summed E-state index contributed by atoms with van der Waals surface area (Å²) in [6.07, 6.45) is 2.27. The fourth-order valence-electron chi connectivity index (χ4n) is 3.10. The number of rotatable bonds is 8. The minimum Gasteiger partial charge on any atom is -0.459 e. The molecule has 1 N–H and O–H groups in total. The first-order chi connectivity index (χ1) is 15.3. The van der Waals surface area contributed by atoms with Gasteiger partial charge in [0.05, 0.1) is 10.6 Å². The van der Waals surface area contributed by atoms with Crippen molar-refractivity contribution in [2.45, 2.75) is 26.0 Å². The van der Waals surface area contributed by atoms with Gasteiger partial charge in [0, 0.05) is 22.0 Å². The first-order valence-electron chi connectivity index (χ1n) is 9.73. The third kappa shape index (κ3) is 6.06. The highest BCUT2D eigenvalue weighted by Crippen LogP contribution is 2.22. The Morgan fingerprint density at radius 2 is 1.94 bits per heavy atom. The van der Waals surface area contributed by atoms with Crippen LogP contribution in [0.1, 0.15) is 27.9 Å². The van der Waals surface area contributed by atoms with Crippen LogP contribution in [0.25, 0.3) is 11.0 Å². The Kier molecular flexibility index (Phi) is 8.23. The van der Waals surface area contributed by atoms with Crippen molar-refractivity contribution < 1.29 is 18.7 Å². The fourth-order valence-corrected chi connectivity index (χ4v) is 4.07. The van der Waals surface area contributed by atoms with Crippen LogP contribution in [0.3, 0.4) is 0 Å². The maximum atomic E-state index is 12.8. The van der Waals surface area contributed by atoms with Crippen LogP contribution in [0.4, 0.5) is 0 Å². The Morgan fingerprint density at radius 1 is 1.16 bits per heavy atom. The monoisotopic (exact) mass is 493 g/mol. The van der Waals surface area contributed by atoms with Gasteiger partial charge in [0.1, 0.15) is 18.2 Å². The largest absolute Gasteiger partial charge is 0.459 e. The van der Waals surface area contributed by atoms with E-state index in [2.05, 4.69) is 5.32 Å². The number of nitrogens with one attached hydrogen (secondary N) is 1. The van der Waals surface area contributed by atoms with E-state index in [0.717, 1.165) is 5.56 Å². The number of aryl methyl sites for hydroxylation is 1. The molecule has 1 aromatic heterocycles. The van der Waals surface area contributed by atoms with E-state index in [0.29, 0.717) is 33.7 Å². The predicted octanol–water partition coefficient (Wildman–Crippen LogP) is 5.00. The lowest BCUT2D eigenvalue weighted by Crippen LogP contribution is -2.42. The summed E-state index contributed by atoms with van der Waals surface area (Å²) < 4.78 is 10.7. The van der Waals surface area contributed by atoms with Crippen LogP contribution in [0.2, 0.25) is 10.0 Å². The summed E-state index contributed by atoms with van der Waals surface area (Å²) in [7, 11) is 0. The molecular weight excluding hydrogens is 473 g/mol. The predicted molar refractivity (Wildman–Crippen MR) is 128 cm³/mol. The molecule has 9 heteroatoms. The number of thioether (sulfide) groups is 1. The van der Waals surface area contributed by atoms with Gasteiger partial charge in [0.25, 0.3) is 5.91 Å². The number of hydrogen-bond acceptors (Lipinski definition) is 6. The van der Waals surface area contributed by atoms with Gasteiger partial charge in [-0.1, -0.05) is 35.3 Å². The van der Waals surface area contributed by atoms with E-state index in [4.69, 9.17) is 32.4 Å². The minimum atomic E-state index is -0.879. The zero-order valence-corrected chi connectivity index (χ0v) is 19.8. The number of esters is 1. The molecule has 0 aliphatic heterocycles. The van der Waals surface area contributed by atoms with Crippen molar-refractivity contribution in [2.24, 2.45) is 0 Å². The van der Waals surface area contributed by atoms with Gasteiger partial charge < -0.3 is 14.5 Å². The van der Waals surface area contributed by atoms with Crippen molar-refractivity contribution in [1.29, 1.82) is 0 Å². The molecule has 0 saturated heterocycles. The highest BCUT2D eigenvalue weighted by Gasteiger charge is 2.24. The van der Waals surface area contributed by atoms with E-state index in [1.807, 2.05) is 25.3 Å². The van der Waals surface area contributed by atoms with Crippen molar-refractivity contribution in [3.05, 3.63) is 79.6 Å². The van der Waals surface area contributed by atoms with Crippen LogP contribution in [0.15, 0.2) is 51.7 Å². The quantitative estimate of drug-likeness (QED) is 0.350. The summed E-state index contributed by atoms with van der Waals surface area (Å²) in [5, 5.41) is 3.95. The minimum absolute atomic E-state index is 0.128. The van der Waals surface area contributed by atoms with Gasteiger partial charge in [-0.15, -0.1) is 0 Å². The van der Waals surface area contributed by atoms with Gasteiger partial charge in [0.2, 0.25) is 0 Å². The van der Waals surface area contributed by atoms with Crippen LogP contribution >= 0.6 is 35.0 Å². The molecule has 3 aromatic rings. The molecule has 0 fully saturated rings. The third-order valence-electron chi connectivity index (χ3n) is 4.73. The van der Waals surface area contributed by atoms with E-state index in [1.165, 1.54) is 30.0 Å². The van der Waals surface area contributed by atoms with Crippen molar-refractivity contribution in [3.63, 3.8) is 0 Å². The Hall–Kier alpha value is -2.48. The zero-order chi connectivity index (χ0) is 23.3. The number of fused-ring (bicyclic) bond motifs is 1. The second-order valence-electron chi connectivity index (χ2n) is 7.13.